The molecule has 0 fully saturated rings. The number of aromatic hydroxyl groups is 1. The number of nitrogens with one attached hydrogen (secondary N) is 2. The van der Waals surface area contributed by atoms with Crippen LogP contribution in [-0.4, -0.2) is 18.1 Å². The van der Waals surface area contributed by atoms with Crippen LogP contribution < -0.4 is 10.6 Å². The van der Waals surface area contributed by atoms with E-state index in [4.69, 9.17) is 0 Å². The lowest BCUT2D eigenvalue weighted by Gasteiger charge is -2.16. The van der Waals surface area contributed by atoms with Crippen LogP contribution in [0.3, 0.4) is 0 Å². The maximum absolute atomic E-state index is 12.2. The van der Waals surface area contributed by atoms with Gasteiger partial charge in [-0.25, -0.2) is 0 Å². The summed E-state index contributed by atoms with van der Waals surface area (Å²) in [6.45, 7) is 2.02. The Morgan fingerprint density at radius 2 is 1.75 bits per heavy atom. The molecule has 3 N–H and O–H groups in total. The van der Waals surface area contributed by atoms with Gasteiger partial charge in [-0.1, -0.05) is 30.3 Å². The van der Waals surface area contributed by atoms with E-state index in [1.165, 1.54) is 6.07 Å². The molecule has 4 heteroatoms. The van der Waals surface area contributed by atoms with Gasteiger partial charge in [0, 0.05) is 11.7 Å². The number of para-hydroxylation sites is 2. The molecule has 20 heavy (non-hydrogen) atoms. The first-order valence-electron chi connectivity index (χ1n) is 6.49. The van der Waals surface area contributed by atoms with Crippen molar-refractivity contribution in [3.63, 3.8) is 0 Å². The summed E-state index contributed by atoms with van der Waals surface area (Å²) in [4.78, 5) is 12.2. The minimum Gasteiger partial charge on any atom is -0.507 e. The van der Waals surface area contributed by atoms with E-state index >= 15 is 0 Å². The minimum atomic E-state index is -0.321. The summed E-state index contributed by atoms with van der Waals surface area (Å²) in [7, 11) is 1.87. The van der Waals surface area contributed by atoms with Gasteiger partial charge in [-0.3, -0.25) is 4.79 Å². The van der Waals surface area contributed by atoms with Gasteiger partial charge in [-0.05, 0) is 37.7 Å². The number of phenols is 1. The standard InChI is InChI=1S/C16H18N2O2/c1-11(17-2)12-7-3-5-9-14(12)18-16(20)13-8-4-6-10-15(13)19/h3-11,17,19H,1-2H3,(H,18,20). The molecule has 104 valence electrons. The molecule has 2 aromatic carbocycles. The first-order valence-corrected chi connectivity index (χ1v) is 6.49. The SMILES string of the molecule is CNC(C)c1ccccc1NC(=O)c1ccccc1O. The number of carbonyl (C=O) groups excluding carboxylic acids is 1. The summed E-state index contributed by atoms with van der Waals surface area (Å²) in [5, 5.41) is 15.7. The lowest BCUT2D eigenvalue weighted by molar-refractivity contribution is 0.102. The molecule has 2 rings (SSSR count). The Bertz CT molecular complexity index is 611. The van der Waals surface area contributed by atoms with Gasteiger partial charge in [0.1, 0.15) is 5.75 Å². The molecule has 0 aromatic heterocycles. The fraction of sp³-hybridized carbons (Fsp3) is 0.188. The summed E-state index contributed by atoms with van der Waals surface area (Å²) in [6, 6.07) is 14.2. The van der Waals surface area contributed by atoms with Gasteiger partial charge >= 0.3 is 0 Å². The van der Waals surface area contributed by atoms with Crippen molar-refractivity contribution in [3.05, 3.63) is 59.7 Å². The van der Waals surface area contributed by atoms with Crippen LogP contribution in [-0.2, 0) is 0 Å². The Morgan fingerprint density at radius 3 is 2.45 bits per heavy atom. The van der Waals surface area contributed by atoms with Gasteiger partial charge in [-0.15, -0.1) is 0 Å². The normalized spacial score (nSPS) is 11.9. The summed E-state index contributed by atoms with van der Waals surface area (Å²) in [5.74, 6) is -0.344. The Kier molecular flexibility index (Phi) is 4.38. The molecule has 1 atom stereocenters. The molecule has 0 radical (unpaired) electrons. The van der Waals surface area contributed by atoms with Crippen LogP contribution in [0.1, 0.15) is 28.9 Å². The highest BCUT2D eigenvalue weighted by molar-refractivity contribution is 6.06. The van der Waals surface area contributed by atoms with Gasteiger partial charge in [0.2, 0.25) is 0 Å². The second kappa shape index (κ2) is 6.21. The summed E-state index contributed by atoms with van der Waals surface area (Å²) in [5.41, 5.74) is 2.00. The van der Waals surface area contributed by atoms with E-state index in [1.54, 1.807) is 18.2 Å². The number of rotatable bonds is 4. The van der Waals surface area contributed by atoms with Crippen LogP contribution in [0.2, 0.25) is 0 Å². The van der Waals surface area contributed by atoms with Crippen molar-refractivity contribution in [3.8, 4) is 5.75 Å². The number of carbonyl (C=O) groups is 1. The molecule has 0 saturated carbocycles. The Labute approximate surface area is 118 Å². The van der Waals surface area contributed by atoms with Crippen molar-refractivity contribution < 1.29 is 9.90 Å². The summed E-state index contributed by atoms with van der Waals surface area (Å²) in [6.07, 6.45) is 0. The van der Waals surface area contributed by atoms with Crippen molar-refractivity contribution in [1.82, 2.24) is 5.32 Å². The van der Waals surface area contributed by atoms with Crippen LogP contribution in [0.4, 0.5) is 5.69 Å². The van der Waals surface area contributed by atoms with Gasteiger partial charge in [0.25, 0.3) is 5.91 Å². The fourth-order valence-corrected chi connectivity index (χ4v) is 2.00. The topological polar surface area (TPSA) is 61.4 Å². The number of benzene rings is 2. The van der Waals surface area contributed by atoms with Crippen molar-refractivity contribution in [2.45, 2.75) is 13.0 Å². The monoisotopic (exact) mass is 270 g/mol. The molecule has 0 aliphatic heterocycles. The number of amides is 1. The average Bonchev–Trinajstić information content (AvgIpc) is 2.47. The zero-order chi connectivity index (χ0) is 14.5. The van der Waals surface area contributed by atoms with Crippen molar-refractivity contribution >= 4 is 11.6 Å². The molecule has 1 amide bonds. The van der Waals surface area contributed by atoms with E-state index in [9.17, 15) is 9.90 Å². The molecule has 2 aromatic rings. The number of hydrogen-bond donors (Lipinski definition) is 3. The number of hydrogen-bond acceptors (Lipinski definition) is 3. The van der Waals surface area contributed by atoms with E-state index in [2.05, 4.69) is 10.6 Å². The van der Waals surface area contributed by atoms with E-state index in [0.717, 1.165) is 11.3 Å². The molecular formula is C16H18N2O2. The predicted octanol–water partition coefficient (Wildman–Crippen LogP) is 2.92. The van der Waals surface area contributed by atoms with Crippen LogP contribution in [0.15, 0.2) is 48.5 Å². The van der Waals surface area contributed by atoms with Crippen LogP contribution in [0, 0.1) is 0 Å². The second-order valence-corrected chi connectivity index (χ2v) is 4.57. The Balaban J connectivity index is 2.27. The quantitative estimate of drug-likeness (QED) is 0.800. The van der Waals surface area contributed by atoms with Crippen LogP contribution in [0.25, 0.3) is 0 Å². The molecule has 1 unspecified atom stereocenters. The molecule has 0 aliphatic rings. The van der Waals surface area contributed by atoms with Gasteiger partial charge < -0.3 is 15.7 Å². The predicted molar refractivity (Wildman–Crippen MR) is 80.0 cm³/mol. The Morgan fingerprint density at radius 1 is 1.10 bits per heavy atom. The van der Waals surface area contributed by atoms with Crippen molar-refractivity contribution in [2.24, 2.45) is 0 Å². The second-order valence-electron chi connectivity index (χ2n) is 4.57. The molecule has 0 heterocycles. The van der Waals surface area contributed by atoms with E-state index < -0.39 is 0 Å². The van der Waals surface area contributed by atoms with E-state index in [-0.39, 0.29) is 23.3 Å². The zero-order valence-electron chi connectivity index (χ0n) is 11.6. The van der Waals surface area contributed by atoms with Crippen LogP contribution in [0.5, 0.6) is 5.75 Å². The molecule has 0 spiro atoms. The maximum Gasteiger partial charge on any atom is 0.259 e. The molecule has 0 bridgehead atoms. The largest absolute Gasteiger partial charge is 0.507 e. The third-order valence-electron chi connectivity index (χ3n) is 3.26. The lowest BCUT2D eigenvalue weighted by atomic mass is 10.1. The van der Waals surface area contributed by atoms with Crippen molar-refractivity contribution in [2.75, 3.05) is 12.4 Å². The highest BCUT2D eigenvalue weighted by Crippen LogP contribution is 2.24. The number of phenolic OH excluding ortho intramolecular Hbond substituents is 1. The summed E-state index contributed by atoms with van der Waals surface area (Å²) >= 11 is 0. The third-order valence-corrected chi connectivity index (χ3v) is 3.26. The highest BCUT2D eigenvalue weighted by Gasteiger charge is 2.14. The van der Waals surface area contributed by atoms with Crippen LogP contribution >= 0.6 is 0 Å². The molecule has 0 aliphatic carbocycles. The van der Waals surface area contributed by atoms with Gasteiger partial charge in [0.15, 0.2) is 0 Å². The van der Waals surface area contributed by atoms with Gasteiger partial charge in [0.05, 0.1) is 5.56 Å². The zero-order valence-corrected chi connectivity index (χ0v) is 11.6. The van der Waals surface area contributed by atoms with E-state index in [1.807, 2.05) is 38.2 Å². The first kappa shape index (κ1) is 14.1. The van der Waals surface area contributed by atoms with Gasteiger partial charge in [-0.2, -0.15) is 0 Å². The molecule has 4 nitrogen and oxygen atoms in total. The molecular weight excluding hydrogens is 252 g/mol. The lowest BCUT2D eigenvalue weighted by Crippen LogP contribution is -2.18. The van der Waals surface area contributed by atoms with Crippen molar-refractivity contribution in [1.29, 1.82) is 0 Å². The molecule has 0 saturated heterocycles. The third kappa shape index (κ3) is 2.97. The minimum absolute atomic E-state index is 0.0239. The highest BCUT2D eigenvalue weighted by atomic mass is 16.3. The number of anilines is 1. The first-order chi connectivity index (χ1) is 9.63. The Hall–Kier alpha value is -2.33. The smallest absolute Gasteiger partial charge is 0.259 e. The average molecular weight is 270 g/mol. The fourth-order valence-electron chi connectivity index (χ4n) is 2.00. The maximum atomic E-state index is 12.2. The van der Waals surface area contributed by atoms with E-state index in [0.29, 0.717) is 0 Å². The summed E-state index contributed by atoms with van der Waals surface area (Å²) < 4.78 is 0.